The number of aryl methyl sites for hydroxylation is 2. The first kappa shape index (κ1) is 7.74. The predicted octanol–water partition coefficient (Wildman–Crippen LogP) is 2.06. The minimum atomic E-state index is -2.08. The van der Waals surface area contributed by atoms with E-state index in [0.717, 1.165) is 11.1 Å². The molecule has 1 nitrogen and oxygen atoms in total. The van der Waals surface area contributed by atoms with Crippen molar-refractivity contribution in [3.05, 3.63) is 34.9 Å². The lowest BCUT2D eigenvalue weighted by Crippen LogP contribution is -2.15. The maximum Gasteiger partial charge on any atom is 0.233 e. The lowest BCUT2D eigenvalue weighted by Gasteiger charge is -2.14. The Morgan fingerprint density at radius 1 is 1.50 bits per heavy atom. The molecular weight excluding hydrogens is 155 g/mol. The Labute approximate surface area is 70.8 Å². The van der Waals surface area contributed by atoms with Gasteiger partial charge in [-0.05, 0) is 24.5 Å². The van der Waals surface area contributed by atoms with Crippen molar-refractivity contribution < 1.29 is 9.50 Å². The summed E-state index contributed by atoms with van der Waals surface area (Å²) < 4.78 is 13.4. The average Bonchev–Trinajstić information content (AvgIpc) is 2.29. The van der Waals surface area contributed by atoms with Crippen molar-refractivity contribution in [2.24, 2.45) is 0 Å². The van der Waals surface area contributed by atoms with E-state index < -0.39 is 5.85 Å². The molecule has 1 unspecified atom stereocenters. The summed E-state index contributed by atoms with van der Waals surface area (Å²) in [6.45, 7) is 1.83. The van der Waals surface area contributed by atoms with E-state index in [1.807, 2.05) is 25.1 Å². The molecule has 0 saturated carbocycles. The largest absolute Gasteiger partial charge is 0.358 e. The van der Waals surface area contributed by atoms with Gasteiger partial charge in [0.1, 0.15) is 0 Å². The Bertz CT molecular complexity index is 318. The molecule has 0 radical (unpaired) electrons. The van der Waals surface area contributed by atoms with E-state index in [9.17, 15) is 9.50 Å². The van der Waals surface area contributed by atoms with Crippen LogP contribution in [0.4, 0.5) is 4.39 Å². The van der Waals surface area contributed by atoms with E-state index in [4.69, 9.17) is 0 Å². The fraction of sp³-hybridized carbons (Fsp3) is 0.400. The van der Waals surface area contributed by atoms with E-state index >= 15 is 0 Å². The van der Waals surface area contributed by atoms with Gasteiger partial charge < -0.3 is 5.11 Å². The number of benzene rings is 1. The first-order valence-electron chi connectivity index (χ1n) is 4.11. The number of alkyl halides is 1. The summed E-state index contributed by atoms with van der Waals surface area (Å²) in [4.78, 5) is 0. The second kappa shape index (κ2) is 2.30. The maximum absolute atomic E-state index is 13.4. The molecule has 0 aromatic heterocycles. The topological polar surface area (TPSA) is 20.2 Å². The van der Waals surface area contributed by atoms with Crippen molar-refractivity contribution in [2.75, 3.05) is 0 Å². The van der Waals surface area contributed by atoms with Gasteiger partial charge >= 0.3 is 0 Å². The molecule has 1 aromatic carbocycles. The summed E-state index contributed by atoms with van der Waals surface area (Å²) in [6, 6.07) is 5.60. The van der Waals surface area contributed by atoms with Crippen molar-refractivity contribution in [3.8, 4) is 0 Å². The molecule has 1 N–H and O–H groups in total. The standard InChI is InChI=1S/C10H11FO/c1-7-3-2-4-8-5-6-10(11,12)9(7)8/h2-4,12H,5-6H2,1H3. The van der Waals surface area contributed by atoms with Crippen LogP contribution in [0.5, 0.6) is 0 Å². The third kappa shape index (κ3) is 0.950. The number of hydrogen-bond acceptors (Lipinski definition) is 1. The smallest absolute Gasteiger partial charge is 0.233 e. The van der Waals surface area contributed by atoms with Crippen molar-refractivity contribution >= 4 is 0 Å². The molecule has 0 bridgehead atoms. The van der Waals surface area contributed by atoms with Crippen LogP contribution in [0.3, 0.4) is 0 Å². The van der Waals surface area contributed by atoms with Crippen LogP contribution >= 0.6 is 0 Å². The van der Waals surface area contributed by atoms with E-state index in [1.54, 1.807) is 0 Å². The summed E-state index contributed by atoms with van der Waals surface area (Å²) in [5.74, 6) is -2.08. The molecule has 1 aromatic rings. The normalized spacial score (nSPS) is 27.2. The van der Waals surface area contributed by atoms with Crippen molar-refractivity contribution in [1.82, 2.24) is 0 Å². The van der Waals surface area contributed by atoms with Gasteiger partial charge in [-0.3, -0.25) is 0 Å². The zero-order valence-corrected chi connectivity index (χ0v) is 6.97. The van der Waals surface area contributed by atoms with Gasteiger partial charge in [0.2, 0.25) is 5.85 Å². The van der Waals surface area contributed by atoms with Crippen molar-refractivity contribution in [1.29, 1.82) is 0 Å². The molecule has 1 atom stereocenters. The van der Waals surface area contributed by atoms with Gasteiger partial charge in [0.15, 0.2) is 0 Å². The van der Waals surface area contributed by atoms with E-state index in [-0.39, 0.29) is 6.42 Å². The molecule has 0 aliphatic heterocycles. The minimum absolute atomic E-state index is 0.202. The SMILES string of the molecule is Cc1cccc2c1C(O)(F)CC2. The molecule has 0 fully saturated rings. The fourth-order valence-corrected chi connectivity index (χ4v) is 1.91. The molecule has 0 heterocycles. The summed E-state index contributed by atoms with van der Waals surface area (Å²) in [6.07, 6.45) is 0.844. The second-order valence-corrected chi connectivity index (χ2v) is 3.37. The zero-order chi connectivity index (χ0) is 8.77. The quantitative estimate of drug-likeness (QED) is 0.625. The van der Waals surface area contributed by atoms with Crippen molar-refractivity contribution in [3.63, 3.8) is 0 Å². The number of hydrogen-bond donors (Lipinski definition) is 1. The minimum Gasteiger partial charge on any atom is -0.358 e. The first-order chi connectivity index (χ1) is 5.61. The van der Waals surface area contributed by atoms with Crippen LogP contribution in [0.2, 0.25) is 0 Å². The van der Waals surface area contributed by atoms with Crippen LogP contribution in [0.25, 0.3) is 0 Å². The molecule has 2 rings (SSSR count). The third-order valence-electron chi connectivity index (χ3n) is 2.47. The van der Waals surface area contributed by atoms with Gasteiger partial charge in [0.25, 0.3) is 0 Å². The Kier molecular flexibility index (Phi) is 1.48. The molecule has 0 amide bonds. The molecule has 1 aliphatic rings. The van der Waals surface area contributed by atoms with E-state index in [2.05, 4.69) is 0 Å². The van der Waals surface area contributed by atoms with E-state index in [1.165, 1.54) is 0 Å². The van der Waals surface area contributed by atoms with E-state index in [0.29, 0.717) is 12.0 Å². The van der Waals surface area contributed by atoms with Gasteiger partial charge in [-0.2, -0.15) is 0 Å². The number of halogens is 1. The maximum atomic E-state index is 13.4. The lowest BCUT2D eigenvalue weighted by atomic mass is 10.0. The van der Waals surface area contributed by atoms with Crippen LogP contribution in [-0.2, 0) is 12.3 Å². The van der Waals surface area contributed by atoms with Crippen LogP contribution in [0.1, 0.15) is 23.1 Å². The lowest BCUT2D eigenvalue weighted by molar-refractivity contribution is -0.0931. The molecule has 0 saturated heterocycles. The summed E-state index contributed by atoms with van der Waals surface area (Å²) in [7, 11) is 0. The number of aliphatic hydroxyl groups is 1. The van der Waals surface area contributed by atoms with Gasteiger partial charge in [-0.1, -0.05) is 18.2 Å². The van der Waals surface area contributed by atoms with Gasteiger partial charge in [0.05, 0.1) is 0 Å². The summed E-state index contributed by atoms with van der Waals surface area (Å²) >= 11 is 0. The molecule has 64 valence electrons. The highest BCUT2D eigenvalue weighted by molar-refractivity contribution is 5.41. The molecule has 1 aliphatic carbocycles. The Balaban J connectivity index is 2.64. The van der Waals surface area contributed by atoms with Gasteiger partial charge in [0, 0.05) is 12.0 Å². The molecule has 12 heavy (non-hydrogen) atoms. The number of rotatable bonds is 0. The predicted molar refractivity (Wildman–Crippen MR) is 44.5 cm³/mol. The van der Waals surface area contributed by atoms with Crippen LogP contribution in [-0.4, -0.2) is 5.11 Å². The highest BCUT2D eigenvalue weighted by Gasteiger charge is 2.37. The Hall–Kier alpha value is -0.890. The van der Waals surface area contributed by atoms with Crippen molar-refractivity contribution in [2.45, 2.75) is 25.6 Å². The second-order valence-electron chi connectivity index (χ2n) is 3.37. The number of fused-ring (bicyclic) bond motifs is 1. The molecule has 2 heteroatoms. The summed E-state index contributed by atoms with van der Waals surface area (Å²) in [5.41, 5.74) is 2.28. The average molecular weight is 166 g/mol. The van der Waals surface area contributed by atoms with Gasteiger partial charge in [-0.25, -0.2) is 4.39 Å². The van der Waals surface area contributed by atoms with Crippen LogP contribution < -0.4 is 0 Å². The Morgan fingerprint density at radius 3 is 2.92 bits per heavy atom. The zero-order valence-electron chi connectivity index (χ0n) is 6.97. The molecule has 0 spiro atoms. The monoisotopic (exact) mass is 166 g/mol. The first-order valence-corrected chi connectivity index (χ1v) is 4.11. The van der Waals surface area contributed by atoms with Crippen LogP contribution in [0, 0.1) is 6.92 Å². The Morgan fingerprint density at radius 2 is 2.25 bits per heavy atom. The third-order valence-corrected chi connectivity index (χ3v) is 2.47. The summed E-state index contributed by atoms with van der Waals surface area (Å²) in [5, 5.41) is 9.36. The fourth-order valence-electron chi connectivity index (χ4n) is 1.91. The highest BCUT2D eigenvalue weighted by atomic mass is 19.2. The highest BCUT2D eigenvalue weighted by Crippen LogP contribution is 2.39. The van der Waals surface area contributed by atoms with Gasteiger partial charge in [-0.15, -0.1) is 0 Å². The van der Waals surface area contributed by atoms with Crippen LogP contribution in [0.15, 0.2) is 18.2 Å². The molecular formula is C10H11FO.